The molecule has 1 saturated heterocycles. The minimum atomic E-state index is -0.797. The highest BCUT2D eigenvalue weighted by Crippen LogP contribution is 2.25. The van der Waals surface area contributed by atoms with E-state index in [1.807, 2.05) is 24.3 Å². The second kappa shape index (κ2) is 8.37. The van der Waals surface area contributed by atoms with Crippen molar-refractivity contribution in [2.24, 2.45) is 5.92 Å². The number of carbonyl (C=O) groups excluding carboxylic acids is 1. The molecule has 1 amide bonds. The molecule has 1 aliphatic carbocycles. The zero-order valence-corrected chi connectivity index (χ0v) is 14.7. The van der Waals surface area contributed by atoms with Crippen molar-refractivity contribution >= 4 is 11.9 Å². The molecule has 1 heterocycles. The van der Waals surface area contributed by atoms with Crippen LogP contribution in [0.5, 0.6) is 5.75 Å². The second-order valence-electron chi connectivity index (χ2n) is 7.19. The largest absolute Gasteiger partial charge is 0.490 e. The van der Waals surface area contributed by atoms with Crippen LogP contribution in [0.1, 0.15) is 50.5 Å². The average Bonchev–Trinajstić information content (AvgIpc) is 3.13. The number of aliphatic carboxylic acids is 1. The molecule has 1 N–H and O–H groups in total. The Morgan fingerprint density at radius 2 is 1.96 bits per heavy atom. The van der Waals surface area contributed by atoms with E-state index in [1.165, 1.54) is 12.8 Å². The van der Waals surface area contributed by atoms with Gasteiger partial charge in [0.05, 0.1) is 12.0 Å². The predicted molar refractivity (Wildman–Crippen MR) is 94.6 cm³/mol. The molecule has 0 aromatic heterocycles. The Balaban J connectivity index is 1.50. The average molecular weight is 345 g/mol. The summed E-state index contributed by atoms with van der Waals surface area (Å²) in [7, 11) is 0. The smallest absolute Gasteiger partial charge is 0.308 e. The van der Waals surface area contributed by atoms with Gasteiger partial charge >= 0.3 is 5.97 Å². The number of ether oxygens (including phenoxy) is 1. The molecule has 2 aliphatic rings. The Kier molecular flexibility index (Phi) is 5.95. The van der Waals surface area contributed by atoms with Gasteiger partial charge in [0.25, 0.3) is 0 Å². The molecular weight excluding hydrogens is 318 g/mol. The van der Waals surface area contributed by atoms with Crippen molar-refractivity contribution < 1.29 is 19.4 Å². The molecule has 1 aliphatic heterocycles. The molecule has 0 spiro atoms. The first-order chi connectivity index (χ1) is 12.1. The molecule has 2 fully saturated rings. The number of hydrogen-bond donors (Lipinski definition) is 1. The number of rotatable bonds is 6. The van der Waals surface area contributed by atoms with E-state index in [4.69, 9.17) is 9.84 Å². The molecule has 25 heavy (non-hydrogen) atoms. The maximum Gasteiger partial charge on any atom is 0.308 e. The third kappa shape index (κ3) is 4.97. The number of amides is 1. The summed E-state index contributed by atoms with van der Waals surface area (Å²) >= 11 is 0. The zero-order valence-electron chi connectivity index (χ0n) is 14.7. The minimum absolute atomic E-state index is 0.0491. The SMILES string of the molecule is O=C(O)[C@H]1CCCN(C(=O)CCc2cccc(OC3CCCC3)c2)C1. The Bertz CT molecular complexity index is 609. The summed E-state index contributed by atoms with van der Waals surface area (Å²) in [6.07, 6.45) is 7.59. The fraction of sp³-hybridized carbons (Fsp3) is 0.600. The lowest BCUT2D eigenvalue weighted by Crippen LogP contribution is -2.42. The van der Waals surface area contributed by atoms with Crippen molar-refractivity contribution in [3.8, 4) is 5.75 Å². The number of carbonyl (C=O) groups is 2. The number of piperidine rings is 1. The first-order valence-corrected chi connectivity index (χ1v) is 9.38. The van der Waals surface area contributed by atoms with E-state index >= 15 is 0 Å². The summed E-state index contributed by atoms with van der Waals surface area (Å²) in [6.45, 7) is 1.02. The first-order valence-electron chi connectivity index (χ1n) is 9.38. The van der Waals surface area contributed by atoms with Crippen LogP contribution in [-0.2, 0) is 16.0 Å². The highest BCUT2D eigenvalue weighted by molar-refractivity contribution is 5.78. The van der Waals surface area contributed by atoms with Crippen molar-refractivity contribution in [2.45, 2.75) is 57.5 Å². The van der Waals surface area contributed by atoms with Gasteiger partial charge in [-0.05, 0) is 62.6 Å². The normalized spacial score (nSPS) is 21.3. The van der Waals surface area contributed by atoms with Gasteiger partial charge in [0.1, 0.15) is 5.75 Å². The van der Waals surface area contributed by atoms with Gasteiger partial charge in [0.2, 0.25) is 5.91 Å². The van der Waals surface area contributed by atoms with Gasteiger partial charge in [-0.15, -0.1) is 0 Å². The van der Waals surface area contributed by atoms with Crippen molar-refractivity contribution in [3.05, 3.63) is 29.8 Å². The van der Waals surface area contributed by atoms with Gasteiger partial charge < -0.3 is 14.7 Å². The fourth-order valence-electron chi connectivity index (χ4n) is 3.79. The molecule has 1 aromatic rings. The molecule has 5 heteroatoms. The molecule has 0 unspecified atom stereocenters. The molecule has 0 bridgehead atoms. The topological polar surface area (TPSA) is 66.8 Å². The van der Waals surface area contributed by atoms with E-state index in [0.717, 1.165) is 30.6 Å². The Labute approximate surface area is 149 Å². The van der Waals surface area contributed by atoms with Crippen LogP contribution in [0, 0.1) is 5.92 Å². The van der Waals surface area contributed by atoms with Crippen LogP contribution in [-0.4, -0.2) is 41.1 Å². The van der Waals surface area contributed by atoms with Crippen molar-refractivity contribution in [1.29, 1.82) is 0 Å². The summed E-state index contributed by atoms with van der Waals surface area (Å²) in [6, 6.07) is 8.00. The maximum absolute atomic E-state index is 12.4. The van der Waals surface area contributed by atoms with E-state index in [-0.39, 0.29) is 5.91 Å². The number of carboxylic acids is 1. The number of nitrogens with zero attached hydrogens (tertiary/aromatic N) is 1. The van der Waals surface area contributed by atoms with Crippen LogP contribution < -0.4 is 4.74 Å². The number of hydrogen-bond acceptors (Lipinski definition) is 3. The van der Waals surface area contributed by atoms with Gasteiger partial charge in [-0.2, -0.15) is 0 Å². The Hall–Kier alpha value is -2.04. The molecule has 1 aromatic carbocycles. The van der Waals surface area contributed by atoms with Gasteiger partial charge in [-0.1, -0.05) is 12.1 Å². The standard InChI is InChI=1S/C20H27NO4/c22-19(21-12-4-6-16(14-21)20(23)24)11-10-15-5-3-9-18(13-15)25-17-7-1-2-8-17/h3,5,9,13,16-17H,1-2,4,6-8,10-12,14H2,(H,23,24)/t16-/m0/s1. The summed E-state index contributed by atoms with van der Waals surface area (Å²) < 4.78 is 6.02. The van der Waals surface area contributed by atoms with Crippen LogP contribution >= 0.6 is 0 Å². The molecule has 5 nitrogen and oxygen atoms in total. The fourth-order valence-corrected chi connectivity index (χ4v) is 3.79. The van der Waals surface area contributed by atoms with Crippen molar-refractivity contribution in [3.63, 3.8) is 0 Å². The number of benzene rings is 1. The third-order valence-electron chi connectivity index (χ3n) is 5.25. The first kappa shape index (κ1) is 17.8. The van der Waals surface area contributed by atoms with Gasteiger partial charge in [0.15, 0.2) is 0 Å². The van der Waals surface area contributed by atoms with E-state index in [1.54, 1.807) is 4.90 Å². The molecule has 0 radical (unpaired) electrons. The van der Waals surface area contributed by atoms with E-state index < -0.39 is 11.9 Å². The summed E-state index contributed by atoms with van der Waals surface area (Å²) in [4.78, 5) is 25.2. The van der Waals surface area contributed by atoms with Crippen LogP contribution in [0.25, 0.3) is 0 Å². The van der Waals surface area contributed by atoms with Crippen LogP contribution in [0.4, 0.5) is 0 Å². The lowest BCUT2D eigenvalue weighted by atomic mass is 9.97. The van der Waals surface area contributed by atoms with Crippen LogP contribution in [0.3, 0.4) is 0 Å². The molecule has 1 saturated carbocycles. The van der Waals surface area contributed by atoms with Crippen LogP contribution in [0.15, 0.2) is 24.3 Å². The Morgan fingerprint density at radius 3 is 2.72 bits per heavy atom. The van der Waals surface area contributed by atoms with Gasteiger partial charge in [-0.3, -0.25) is 9.59 Å². The van der Waals surface area contributed by atoms with E-state index in [0.29, 0.717) is 38.5 Å². The summed E-state index contributed by atoms with van der Waals surface area (Å²) in [5.74, 6) is -0.274. The Morgan fingerprint density at radius 1 is 1.16 bits per heavy atom. The highest BCUT2D eigenvalue weighted by atomic mass is 16.5. The number of likely N-dealkylation sites (tertiary alicyclic amines) is 1. The summed E-state index contributed by atoms with van der Waals surface area (Å²) in [5.41, 5.74) is 1.09. The zero-order chi connectivity index (χ0) is 17.6. The highest BCUT2D eigenvalue weighted by Gasteiger charge is 2.27. The third-order valence-corrected chi connectivity index (χ3v) is 5.25. The lowest BCUT2D eigenvalue weighted by Gasteiger charge is -2.30. The van der Waals surface area contributed by atoms with Gasteiger partial charge in [0, 0.05) is 19.5 Å². The molecular formula is C20H27NO4. The van der Waals surface area contributed by atoms with Crippen molar-refractivity contribution in [2.75, 3.05) is 13.1 Å². The monoisotopic (exact) mass is 345 g/mol. The summed E-state index contributed by atoms with van der Waals surface area (Å²) in [5, 5.41) is 9.14. The van der Waals surface area contributed by atoms with Crippen molar-refractivity contribution in [1.82, 2.24) is 4.90 Å². The number of carboxylic acid groups (broad SMARTS) is 1. The molecule has 3 rings (SSSR count). The second-order valence-corrected chi connectivity index (χ2v) is 7.19. The minimum Gasteiger partial charge on any atom is -0.490 e. The van der Waals surface area contributed by atoms with Crippen LogP contribution in [0.2, 0.25) is 0 Å². The maximum atomic E-state index is 12.4. The van der Waals surface area contributed by atoms with E-state index in [9.17, 15) is 9.59 Å². The molecule has 1 atom stereocenters. The van der Waals surface area contributed by atoms with Gasteiger partial charge in [-0.25, -0.2) is 0 Å². The predicted octanol–water partition coefficient (Wildman–Crippen LogP) is 3.26. The van der Waals surface area contributed by atoms with E-state index in [2.05, 4.69) is 0 Å². The lowest BCUT2D eigenvalue weighted by molar-refractivity contribution is -0.145. The molecule has 136 valence electrons. The quantitative estimate of drug-likeness (QED) is 0.859. The number of aryl methyl sites for hydroxylation is 1.